The number of methoxy groups -OCH3 is 3. The van der Waals surface area contributed by atoms with Crippen molar-refractivity contribution in [3.05, 3.63) is 11.1 Å². The normalized spacial score (nSPS) is 29.1. The molecule has 0 saturated heterocycles. The summed E-state index contributed by atoms with van der Waals surface area (Å²) in [6, 6.07) is 0. The van der Waals surface area contributed by atoms with Crippen LogP contribution >= 0.6 is 0 Å². The van der Waals surface area contributed by atoms with E-state index >= 15 is 0 Å². The van der Waals surface area contributed by atoms with Gasteiger partial charge in [0.15, 0.2) is 11.6 Å². The fraction of sp³-hybridized carbons (Fsp3) is 0.733. The van der Waals surface area contributed by atoms with E-state index in [0.29, 0.717) is 37.7 Å². The molecule has 0 bridgehead atoms. The number of allylic oxidation sites excluding steroid dienone is 1. The van der Waals surface area contributed by atoms with Crippen molar-refractivity contribution in [3.63, 3.8) is 0 Å². The summed E-state index contributed by atoms with van der Waals surface area (Å²) in [5.74, 6) is -0.947. The Morgan fingerprint density at radius 2 is 1.75 bits per heavy atom. The summed E-state index contributed by atoms with van der Waals surface area (Å²) < 4.78 is 16.1. The molecule has 5 nitrogen and oxygen atoms in total. The van der Waals surface area contributed by atoms with Crippen LogP contribution in [0, 0.1) is 5.41 Å². The Morgan fingerprint density at radius 1 is 1.10 bits per heavy atom. The smallest absolute Gasteiger partial charge is 0.316 e. The number of carbonyl (C=O) groups is 2. The Balaban J connectivity index is 2.51. The molecular weight excluding hydrogens is 260 g/mol. The average Bonchev–Trinajstić information content (AvgIpc) is 2.49. The second-order valence-electron chi connectivity index (χ2n) is 5.60. The first-order chi connectivity index (χ1) is 9.44. The summed E-state index contributed by atoms with van der Waals surface area (Å²) in [5.41, 5.74) is 0.838. The summed E-state index contributed by atoms with van der Waals surface area (Å²) in [5, 5.41) is 0. The van der Waals surface area contributed by atoms with Gasteiger partial charge in [-0.05, 0) is 30.9 Å². The van der Waals surface area contributed by atoms with Gasteiger partial charge in [-0.15, -0.1) is 0 Å². The molecule has 0 radical (unpaired) electrons. The molecule has 1 atom stereocenters. The molecule has 112 valence electrons. The molecule has 0 heterocycles. The monoisotopic (exact) mass is 282 g/mol. The molecule has 0 aromatic heterocycles. The SMILES string of the molecule is COC(=O)[C@@]12CCC(=O)C(C)=C1CCC(OC)(OC)C2. The number of carbonyl (C=O) groups excluding carboxylic acids is 2. The van der Waals surface area contributed by atoms with E-state index in [-0.39, 0.29) is 11.8 Å². The number of esters is 1. The largest absolute Gasteiger partial charge is 0.468 e. The summed E-state index contributed by atoms with van der Waals surface area (Å²) >= 11 is 0. The van der Waals surface area contributed by atoms with Gasteiger partial charge in [0.05, 0.1) is 12.5 Å². The lowest BCUT2D eigenvalue weighted by atomic mass is 9.61. The topological polar surface area (TPSA) is 61.8 Å². The highest BCUT2D eigenvalue weighted by Gasteiger charge is 2.55. The third-order valence-electron chi connectivity index (χ3n) is 4.87. The van der Waals surface area contributed by atoms with Crippen molar-refractivity contribution in [1.82, 2.24) is 0 Å². The van der Waals surface area contributed by atoms with Gasteiger partial charge >= 0.3 is 5.97 Å². The number of ether oxygens (including phenoxy) is 3. The average molecular weight is 282 g/mol. The van der Waals surface area contributed by atoms with Crippen LogP contribution in [0.25, 0.3) is 0 Å². The second-order valence-corrected chi connectivity index (χ2v) is 5.60. The quantitative estimate of drug-likeness (QED) is 0.585. The Bertz CT molecular complexity index is 461. The zero-order valence-electron chi connectivity index (χ0n) is 12.6. The van der Waals surface area contributed by atoms with E-state index in [1.165, 1.54) is 7.11 Å². The first-order valence-electron chi connectivity index (χ1n) is 6.87. The molecule has 0 amide bonds. The van der Waals surface area contributed by atoms with Crippen molar-refractivity contribution in [2.75, 3.05) is 21.3 Å². The fourth-order valence-corrected chi connectivity index (χ4v) is 3.60. The number of ketones is 1. The van der Waals surface area contributed by atoms with E-state index in [1.54, 1.807) is 21.1 Å². The van der Waals surface area contributed by atoms with Crippen LogP contribution in [-0.2, 0) is 23.8 Å². The third-order valence-corrected chi connectivity index (χ3v) is 4.87. The van der Waals surface area contributed by atoms with Gasteiger partial charge in [0.1, 0.15) is 0 Å². The van der Waals surface area contributed by atoms with E-state index < -0.39 is 11.2 Å². The van der Waals surface area contributed by atoms with Crippen LogP contribution in [-0.4, -0.2) is 38.9 Å². The van der Waals surface area contributed by atoms with Crippen LogP contribution in [0.5, 0.6) is 0 Å². The maximum atomic E-state index is 12.4. The molecule has 5 heteroatoms. The van der Waals surface area contributed by atoms with Crippen molar-refractivity contribution < 1.29 is 23.8 Å². The van der Waals surface area contributed by atoms with Gasteiger partial charge in [-0.2, -0.15) is 0 Å². The van der Waals surface area contributed by atoms with Gasteiger partial charge in [0.25, 0.3) is 0 Å². The summed E-state index contributed by atoms with van der Waals surface area (Å²) in [6.07, 6.45) is 2.50. The van der Waals surface area contributed by atoms with E-state index in [4.69, 9.17) is 14.2 Å². The number of hydrogen-bond acceptors (Lipinski definition) is 5. The molecule has 2 rings (SSSR count). The molecular formula is C15H22O5. The Morgan fingerprint density at radius 3 is 2.30 bits per heavy atom. The lowest BCUT2D eigenvalue weighted by molar-refractivity contribution is -0.238. The van der Waals surface area contributed by atoms with E-state index in [1.807, 2.05) is 0 Å². The number of fused-ring (bicyclic) bond motifs is 1. The predicted octanol–water partition coefficient (Wildman–Crippen LogP) is 2.00. The lowest BCUT2D eigenvalue weighted by Gasteiger charge is -2.48. The van der Waals surface area contributed by atoms with Crippen LogP contribution in [0.3, 0.4) is 0 Å². The van der Waals surface area contributed by atoms with Crippen LogP contribution in [0.15, 0.2) is 11.1 Å². The zero-order valence-corrected chi connectivity index (χ0v) is 12.6. The molecule has 0 unspecified atom stereocenters. The van der Waals surface area contributed by atoms with Crippen LogP contribution in [0.4, 0.5) is 0 Å². The van der Waals surface area contributed by atoms with E-state index in [0.717, 1.165) is 5.57 Å². The highest BCUT2D eigenvalue weighted by Crippen LogP contribution is 2.53. The van der Waals surface area contributed by atoms with Gasteiger partial charge < -0.3 is 14.2 Å². The minimum Gasteiger partial charge on any atom is -0.468 e. The molecule has 0 spiro atoms. The maximum absolute atomic E-state index is 12.4. The van der Waals surface area contributed by atoms with Crippen molar-refractivity contribution in [2.45, 2.75) is 44.8 Å². The fourth-order valence-electron chi connectivity index (χ4n) is 3.60. The lowest BCUT2D eigenvalue weighted by Crippen LogP contribution is -2.51. The molecule has 0 aromatic carbocycles. The van der Waals surface area contributed by atoms with Gasteiger partial charge in [-0.3, -0.25) is 9.59 Å². The number of hydrogen-bond donors (Lipinski definition) is 0. The van der Waals surface area contributed by atoms with Gasteiger partial charge in [0.2, 0.25) is 0 Å². The highest BCUT2D eigenvalue weighted by atomic mass is 16.7. The molecule has 1 fully saturated rings. The maximum Gasteiger partial charge on any atom is 0.316 e. The Hall–Kier alpha value is -1.20. The summed E-state index contributed by atoms with van der Waals surface area (Å²) in [4.78, 5) is 24.3. The molecule has 0 aromatic rings. The van der Waals surface area contributed by atoms with Crippen molar-refractivity contribution in [2.24, 2.45) is 5.41 Å². The zero-order chi connectivity index (χ0) is 15.0. The molecule has 0 N–H and O–H groups in total. The van der Waals surface area contributed by atoms with Crippen LogP contribution < -0.4 is 0 Å². The van der Waals surface area contributed by atoms with Crippen molar-refractivity contribution >= 4 is 11.8 Å². The number of rotatable bonds is 3. The molecule has 1 saturated carbocycles. The Kier molecular flexibility index (Phi) is 4.02. The first kappa shape index (κ1) is 15.2. The van der Waals surface area contributed by atoms with Crippen molar-refractivity contribution in [3.8, 4) is 0 Å². The molecule has 2 aliphatic carbocycles. The van der Waals surface area contributed by atoms with Crippen LogP contribution in [0.2, 0.25) is 0 Å². The van der Waals surface area contributed by atoms with Crippen LogP contribution in [0.1, 0.15) is 39.0 Å². The molecule has 2 aliphatic rings. The van der Waals surface area contributed by atoms with Gasteiger partial charge in [-0.1, -0.05) is 0 Å². The number of Topliss-reactive ketones (excluding diaryl/α,β-unsaturated/α-hetero) is 1. The summed E-state index contributed by atoms with van der Waals surface area (Å²) in [6.45, 7) is 1.81. The van der Waals surface area contributed by atoms with Crippen molar-refractivity contribution in [1.29, 1.82) is 0 Å². The molecule has 20 heavy (non-hydrogen) atoms. The second kappa shape index (κ2) is 5.30. The summed E-state index contributed by atoms with van der Waals surface area (Å²) in [7, 11) is 4.56. The molecule has 0 aliphatic heterocycles. The predicted molar refractivity (Wildman–Crippen MR) is 72.0 cm³/mol. The van der Waals surface area contributed by atoms with E-state index in [2.05, 4.69) is 0 Å². The standard InChI is InChI=1S/C15H22O5/c1-10-11-5-8-15(19-3,20-4)9-14(11,13(17)18-2)7-6-12(10)16/h5-9H2,1-4H3/t14-/m1/s1. The van der Waals surface area contributed by atoms with E-state index in [9.17, 15) is 9.59 Å². The van der Waals surface area contributed by atoms with Gasteiger partial charge in [0, 0.05) is 33.5 Å². The first-order valence-corrected chi connectivity index (χ1v) is 6.87. The third kappa shape index (κ3) is 2.09. The Labute approximate surface area is 119 Å². The minimum atomic E-state index is -0.781. The minimum absolute atomic E-state index is 0.127. The highest BCUT2D eigenvalue weighted by molar-refractivity contribution is 5.99. The van der Waals surface area contributed by atoms with Gasteiger partial charge in [-0.25, -0.2) is 0 Å².